The molecular formula is C15H41NO3Si4. The Morgan fingerprint density at radius 3 is 0.870 bits per heavy atom. The normalized spacial score (nSPS) is 15.1. The molecule has 0 aromatic rings. The van der Waals surface area contributed by atoms with Crippen LogP contribution in [-0.4, -0.2) is 50.6 Å². The van der Waals surface area contributed by atoms with Crippen molar-refractivity contribution in [3.8, 4) is 0 Å². The number of hydrogen-bond donors (Lipinski definition) is 0. The van der Waals surface area contributed by atoms with Gasteiger partial charge in [0.15, 0.2) is 25.0 Å². The van der Waals surface area contributed by atoms with E-state index in [4.69, 9.17) is 12.3 Å². The standard InChI is InChI=1S/C15H41NO3Si4/c1-14(2)16(15(3)4)23(17-20(5,6)7,18-21(8,9)10)19-22(11,12)13/h14-15H,1-13H3. The molecule has 0 bridgehead atoms. The predicted molar refractivity (Wildman–Crippen MR) is 111 cm³/mol. The van der Waals surface area contributed by atoms with E-state index in [1.165, 1.54) is 0 Å². The summed E-state index contributed by atoms with van der Waals surface area (Å²) in [5.41, 5.74) is 0. The molecular weight excluding hydrogens is 355 g/mol. The molecule has 0 rings (SSSR count). The van der Waals surface area contributed by atoms with E-state index >= 15 is 0 Å². The maximum absolute atomic E-state index is 6.79. The molecule has 0 aromatic carbocycles. The van der Waals surface area contributed by atoms with Crippen LogP contribution >= 0.6 is 0 Å². The summed E-state index contributed by atoms with van der Waals surface area (Å²) in [5, 5.41) is 0. The number of rotatable bonds is 9. The van der Waals surface area contributed by atoms with Crippen molar-refractivity contribution in [1.82, 2.24) is 4.57 Å². The molecule has 0 N–H and O–H groups in total. The zero-order valence-corrected chi connectivity index (χ0v) is 21.8. The third kappa shape index (κ3) is 9.10. The molecule has 0 aliphatic heterocycles. The molecule has 23 heavy (non-hydrogen) atoms. The summed E-state index contributed by atoms with van der Waals surface area (Å²) >= 11 is 0. The Balaban J connectivity index is 6.20. The van der Waals surface area contributed by atoms with Gasteiger partial charge in [0, 0.05) is 12.1 Å². The van der Waals surface area contributed by atoms with Gasteiger partial charge in [-0.1, -0.05) is 27.7 Å². The average Bonchev–Trinajstić information content (AvgIpc) is 2.03. The Morgan fingerprint density at radius 2 is 0.739 bits per heavy atom. The van der Waals surface area contributed by atoms with E-state index in [0.717, 1.165) is 0 Å². The molecule has 0 amide bonds. The molecule has 0 atom stereocenters. The minimum absolute atomic E-state index is 0.325. The van der Waals surface area contributed by atoms with Crippen molar-refractivity contribution >= 4 is 33.9 Å². The highest BCUT2D eigenvalue weighted by Gasteiger charge is 2.57. The summed E-state index contributed by atoms with van der Waals surface area (Å²) in [5.74, 6) is 0. The van der Waals surface area contributed by atoms with E-state index in [1.807, 2.05) is 0 Å². The molecule has 0 spiro atoms. The molecule has 8 heteroatoms. The van der Waals surface area contributed by atoms with Gasteiger partial charge in [0.05, 0.1) is 0 Å². The monoisotopic (exact) mass is 395 g/mol. The fraction of sp³-hybridized carbons (Fsp3) is 1.00. The fourth-order valence-electron chi connectivity index (χ4n) is 2.61. The summed E-state index contributed by atoms with van der Waals surface area (Å²) in [7, 11) is -8.44. The van der Waals surface area contributed by atoms with Gasteiger partial charge in [-0.05, 0) is 58.9 Å². The summed E-state index contributed by atoms with van der Waals surface area (Å²) in [6, 6.07) is 0.649. The average molecular weight is 396 g/mol. The molecule has 0 aliphatic rings. The van der Waals surface area contributed by atoms with Crippen molar-refractivity contribution in [2.24, 2.45) is 0 Å². The molecule has 0 unspecified atom stereocenters. The third-order valence-electron chi connectivity index (χ3n) is 2.73. The van der Waals surface area contributed by atoms with Crippen LogP contribution in [0.1, 0.15) is 27.7 Å². The summed E-state index contributed by atoms with van der Waals surface area (Å²) < 4.78 is 22.8. The van der Waals surface area contributed by atoms with Crippen LogP contribution in [0.3, 0.4) is 0 Å². The molecule has 0 heterocycles. The zero-order valence-electron chi connectivity index (χ0n) is 17.8. The van der Waals surface area contributed by atoms with Crippen molar-refractivity contribution in [3.05, 3.63) is 0 Å². The lowest BCUT2D eigenvalue weighted by Gasteiger charge is -2.50. The van der Waals surface area contributed by atoms with Gasteiger partial charge in [-0.25, -0.2) is 0 Å². The van der Waals surface area contributed by atoms with Crippen LogP contribution in [0.5, 0.6) is 0 Å². The molecule has 140 valence electrons. The Morgan fingerprint density at radius 1 is 0.522 bits per heavy atom. The first-order valence-electron chi connectivity index (χ1n) is 8.77. The van der Waals surface area contributed by atoms with Gasteiger partial charge in [-0.3, -0.25) is 4.57 Å². The molecule has 0 radical (unpaired) electrons. The van der Waals surface area contributed by atoms with Gasteiger partial charge >= 0.3 is 8.97 Å². The highest BCUT2D eigenvalue weighted by atomic mass is 28.5. The predicted octanol–water partition coefficient (Wildman–Crippen LogP) is 5.10. The molecule has 0 aliphatic carbocycles. The zero-order chi connectivity index (χ0) is 18.9. The van der Waals surface area contributed by atoms with Crippen molar-refractivity contribution in [3.63, 3.8) is 0 Å². The second-order valence-corrected chi connectivity index (χ2v) is 26.4. The van der Waals surface area contributed by atoms with Gasteiger partial charge < -0.3 is 12.3 Å². The SMILES string of the molecule is CC(C)N(C(C)C)[Si](O[Si](C)(C)C)(O[Si](C)(C)C)O[Si](C)(C)C. The van der Waals surface area contributed by atoms with Crippen LogP contribution in [0.4, 0.5) is 0 Å². The van der Waals surface area contributed by atoms with Gasteiger partial charge in [0.2, 0.25) is 0 Å². The fourth-order valence-corrected chi connectivity index (χ4v) is 16.1. The van der Waals surface area contributed by atoms with Crippen molar-refractivity contribution in [1.29, 1.82) is 0 Å². The Hall–Kier alpha value is 0.708. The van der Waals surface area contributed by atoms with Crippen LogP contribution < -0.4 is 0 Å². The lowest BCUT2D eigenvalue weighted by molar-refractivity contribution is 0.114. The van der Waals surface area contributed by atoms with Gasteiger partial charge in [-0.15, -0.1) is 0 Å². The molecule has 0 fully saturated rings. The Kier molecular flexibility index (Phi) is 8.19. The second-order valence-electron chi connectivity index (χ2n) is 9.76. The first-order valence-corrected chi connectivity index (χ1v) is 20.7. The first-order chi connectivity index (χ1) is 9.89. The minimum Gasteiger partial charge on any atom is -0.405 e. The van der Waals surface area contributed by atoms with Crippen LogP contribution in [0.15, 0.2) is 0 Å². The van der Waals surface area contributed by atoms with Crippen LogP contribution in [-0.2, 0) is 12.3 Å². The van der Waals surface area contributed by atoms with Crippen LogP contribution in [0.25, 0.3) is 0 Å². The quantitative estimate of drug-likeness (QED) is 0.508. The van der Waals surface area contributed by atoms with E-state index in [2.05, 4.69) is 91.2 Å². The lowest BCUT2D eigenvalue weighted by Crippen LogP contribution is -2.72. The molecule has 0 aromatic heterocycles. The first kappa shape index (κ1) is 23.7. The van der Waals surface area contributed by atoms with E-state index in [-0.39, 0.29) is 0 Å². The van der Waals surface area contributed by atoms with Gasteiger partial charge in [-0.2, -0.15) is 0 Å². The summed E-state index contributed by atoms with van der Waals surface area (Å²) in [6.07, 6.45) is 0. The number of hydrogen-bond acceptors (Lipinski definition) is 4. The largest absolute Gasteiger partial charge is 0.568 e. The maximum Gasteiger partial charge on any atom is 0.568 e. The van der Waals surface area contributed by atoms with Gasteiger partial charge in [0.1, 0.15) is 0 Å². The van der Waals surface area contributed by atoms with Crippen molar-refractivity contribution < 1.29 is 12.3 Å². The van der Waals surface area contributed by atoms with Crippen molar-refractivity contribution in [2.45, 2.75) is 98.7 Å². The molecule has 4 nitrogen and oxygen atoms in total. The smallest absolute Gasteiger partial charge is 0.405 e. The van der Waals surface area contributed by atoms with E-state index in [0.29, 0.717) is 12.1 Å². The minimum atomic E-state index is -2.94. The Bertz CT molecular complexity index is 322. The third-order valence-corrected chi connectivity index (χ3v) is 14.8. The number of nitrogens with zero attached hydrogens (tertiary/aromatic N) is 1. The van der Waals surface area contributed by atoms with Crippen LogP contribution in [0, 0.1) is 0 Å². The molecule has 0 saturated carbocycles. The van der Waals surface area contributed by atoms with E-state index < -0.39 is 33.9 Å². The van der Waals surface area contributed by atoms with Crippen molar-refractivity contribution in [2.75, 3.05) is 0 Å². The highest BCUT2D eigenvalue weighted by molar-refractivity contribution is 6.89. The van der Waals surface area contributed by atoms with E-state index in [9.17, 15) is 0 Å². The second kappa shape index (κ2) is 7.94. The van der Waals surface area contributed by atoms with Gasteiger partial charge in [0.25, 0.3) is 0 Å². The van der Waals surface area contributed by atoms with Crippen LogP contribution in [0.2, 0.25) is 58.9 Å². The topological polar surface area (TPSA) is 30.9 Å². The lowest BCUT2D eigenvalue weighted by atomic mass is 10.3. The molecule has 0 saturated heterocycles. The summed E-state index contributed by atoms with van der Waals surface area (Å²) in [4.78, 5) is 0. The Labute approximate surface area is 149 Å². The van der Waals surface area contributed by atoms with E-state index in [1.54, 1.807) is 0 Å². The maximum atomic E-state index is 6.79. The summed E-state index contributed by atoms with van der Waals surface area (Å²) in [6.45, 7) is 29.0. The highest BCUT2D eigenvalue weighted by Crippen LogP contribution is 2.31.